The van der Waals surface area contributed by atoms with Crippen molar-refractivity contribution in [3.63, 3.8) is 0 Å². The largest absolute Gasteiger partial charge is 0.368 e. The molecule has 4 aromatic rings. The first-order valence-corrected chi connectivity index (χ1v) is 11.7. The number of amides is 2. The van der Waals surface area contributed by atoms with E-state index in [1.54, 1.807) is 21.7 Å². The Labute approximate surface area is 196 Å². The molecule has 172 valence electrons. The summed E-state index contributed by atoms with van der Waals surface area (Å²) in [5.74, 6) is -0.0965. The van der Waals surface area contributed by atoms with Crippen LogP contribution in [0.4, 0.5) is 0 Å². The third kappa shape index (κ3) is 3.70. The molecule has 0 unspecified atom stereocenters. The number of nitrogens with zero attached hydrogens (tertiary/aromatic N) is 5. The van der Waals surface area contributed by atoms with Crippen molar-refractivity contribution in [3.05, 3.63) is 66.5 Å². The van der Waals surface area contributed by atoms with Crippen molar-refractivity contribution >= 4 is 28.2 Å². The van der Waals surface area contributed by atoms with Gasteiger partial charge in [-0.1, -0.05) is 36.4 Å². The standard InChI is InChI=1S/C26H25N5O3/c32-25(29-11-13-30(14-12-29)26(33)23-6-3-15-34-23)21-17-24-27-10-9-22(31(24)28-21)20-8-7-18-4-1-2-5-19(18)16-20/h1-2,4-5,7-10,16-17,23H,3,6,11-15H2/t23-/m1/s1. The van der Waals surface area contributed by atoms with Gasteiger partial charge >= 0.3 is 0 Å². The van der Waals surface area contributed by atoms with Crippen LogP contribution < -0.4 is 0 Å². The maximum absolute atomic E-state index is 13.2. The van der Waals surface area contributed by atoms with Gasteiger partial charge in [-0.05, 0) is 35.7 Å². The van der Waals surface area contributed by atoms with Gasteiger partial charge in [0.05, 0.1) is 5.69 Å². The Hall–Kier alpha value is -3.78. The highest BCUT2D eigenvalue weighted by molar-refractivity contribution is 5.94. The summed E-state index contributed by atoms with van der Waals surface area (Å²) in [5, 5.41) is 6.94. The lowest BCUT2D eigenvalue weighted by atomic mass is 10.1. The number of hydrogen-bond donors (Lipinski definition) is 0. The molecule has 2 aliphatic rings. The zero-order chi connectivity index (χ0) is 23.1. The minimum atomic E-state index is -0.319. The van der Waals surface area contributed by atoms with E-state index in [1.165, 1.54) is 5.39 Å². The number of ether oxygens (including phenoxy) is 1. The first kappa shape index (κ1) is 20.8. The number of carbonyl (C=O) groups is 2. The summed E-state index contributed by atoms with van der Waals surface area (Å²) in [5.41, 5.74) is 2.87. The van der Waals surface area contributed by atoms with Crippen LogP contribution in [0.15, 0.2) is 60.8 Å². The Morgan fingerprint density at radius 1 is 0.912 bits per heavy atom. The highest BCUT2D eigenvalue weighted by atomic mass is 16.5. The summed E-state index contributed by atoms with van der Waals surface area (Å²) in [4.78, 5) is 33.8. The van der Waals surface area contributed by atoms with E-state index in [2.05, 4.69) is 40.4 Å². The molecule has 2 amide bonds. The van der Waals surface area contributed by atoms with Gasteiger partial charge in [0.15, 0.2) is 11.3 Å². The fourth-order valence-electron chi connectivity index (χ4n) is 4.83. The average molecular weight is 456 g/mol. The molecule has 0 N–H and O–H groups in total. The maximum atomic E-state index is 13.2. The van der Waals surface area contributed by atoms with E-state index >= 15 is 0 Å². The summed E-state index contributed by atoms with van der Waals surface area (Å²) in [6.45, 7) is 2.64. The van der Waals surface area contributed by atoms with E-state index in [9.17, 15) is 9.59 Å². The van der Waals surface area contributed by atoms with Crippen LogP contribution >= 0.6 is 0 Å². The van der Waals surface area contributed by atoms with Gasteiger partial charge in [-0.3, -0.25) is 9.59 Å². The van der Waals surface area contributed by atoms with Gasteiger partial charge in [-0.25, -0.2) is 9.50 Å². The minimum absolute atomic E-state index is 0.0431. The third-order valence-electron chi connectivity index (χ3n) is 6.71. The van der Waals surface area contributed by atoms with Crippen molar-refractivity contribution in [1.82, 2.24) is 24.4 Å². The number of hydrogen-bond acceptors (Lipinski definition) is 5. The zero-order valence-corrected chi connectivity index (χ0v) is 18.8. The van der Waals surface area contributed by atoms with Gasteiger partial charge in [0.25, 0.3) is 11.8 Å². The molecule has 2 aliphatic heterocycles. The topological polar surface area (TPSA) is 80.0 Å². The van der Waals surface area contributed by atoms with Crippen LogP contribution in [0.3, 0.4) is 0 Å². The van der Waals surface area contributed by atoms with E-state index in [4.69, 9.17) is 4.74 Å². The van der Waals surface area contributed by atoms with Crippen LogP contribution in [0.5, 0.6) is 0 Å². The fourth-order valence-corrected chi connectivity index (χ4v) is 4.83. The molecule has 2 saturated heterocycles. The van der Waals surface area contributed by atoms with Crippen LogP contribution in [0.2, 0.25) is 0 Å². The molecule has 4 heterocycles. The molecule has 2 fully saturated rings. The minimum Gasteiger partial charge on any atom is -0.368 e. The van der Waals surface area contributed by atoms with Gasteiger partial charge in [0.1, 0.15) is 6.10 Å². The third-order valence-corrected chi connectivity index (χ3v) is 6.71. The second-order valence-electron chi connectivity index (χ2n) is 8.81. The quantitative estimate of drug-likeness (QED) is 0.475. The molecule has 0 radical (unpaired) electrons. The second-order valence-corrected chi connectivity index (χ2v) is 8.81. The summed E-state index contributed by atoms with van der Waals surface area (Å²) in [6.07, 6.45) is 3.13. The highest BCUT2D eigenvalue weighted by Gasteiger charge is 2.32. The Morgan fingerprint density at radius 3 is 2.50 bits per heavy atom. The summed E-state index contributed by atoms with van der Waals surface area (Å²) >= 11 is 0. The number of piperazine rings is 1. The summed E-state index contributed by atoms with van der Waals surface area (Å²) in [7, 11) is 0. The molecule has 0 spiro atoms. The van der Waals surface area contributed by atoms with E-state index in [0.717, 1.165) is 29.5 Å². The van der Waals surface area contributed by atoms with Crippen molar-refractivity contribution in [1.29, 1.82) is 0 Å². The second kappa shape index (κ2) is 8.53. The van der Waals surface area contributed by atoms with E-state index in [1.807, 2.05) is 23.1 Å². The lowest BCUT2D eigenvalue weighted by molar-refractivity contribution is -0.142. The van der Waals surface area contributed by atoms with Gasteiger partial charge in [0.2, 0.25) is 0 Å². The van der Waals surface area contributed by atoms with Crippen molar-refractivity contribution in [2.75, 3.05) is 32.8 Å². The van der Waals surface area contributed by atoms with Crippen molar-refractivity contribution in [2.45, 2.75) is 18.9 Å². The molecule has 0 bridgehead atoms. The Kier molecular flexibility index (Phi) is 5.22. The summed E-state index contributed by atoms with van der Waals surface area (Å²) < 4.78 is 7.26. The highest BCUT2D eigenvalue weighted by Crippen LogP contribution is 2.25. The Morgan fingerprint density at radius 2 is 1.71 bits per heavy atom. The van der Waals surface area contributed by atoms with E-state index < -0.39 is 0 Å². The molecule has 8 heteroatoms. The fraction of sp³-hybridized carbons (Fsp3) is 0.308. The van der Waals surface area contributed by atoms with Gasteiger partial charge in [0, 0.05) is 50.6 Å². The first-order valence-electron chi connectivity index (χ1n) is 11.7. The van der Waals surface area contributed by atoms with Crippen molar-refractivity contribution in [2.24, 2.45) is 0 Å². The molecule has 0 aliphatic carbocycles. The lowest BCUT2D eigenvalue weighted by Gasteiger charge is -2.35. The Bertz CT molecular complexity index is 1380. The molecule has 34 heavy (non-hydrogen) atoms. The molecular formula is C26H25N5O3. The molecule has 6 rings (SSSR count). The van der Waals surface area contributed by atoms with Crippen LogP contribution in [-0.4, -0.2) is 75.1 Å². The predicted octanol–water partition coefficient (Wildman–Crippen LogP) is 3.01. The zero-order valence-electron chi connectivity index (χ0n) is 18.8. The maximum Gasteiger partial charge on any atom is 0.274 e. The van der Waals surface area contributed by atoms with Crippen molar-refractivity contribution < 1.29 is 14.3 Å². The van der Waals surface area contributed by atoms with Gasteiger partial charge in [-0.2, -0.15) is 5.10 Å². The summed E-state index contributed by atoms with van der Waals surface area (Å²) in [6, 6.07) is 18.1. The number of aromatic nitrogens is 3. The predicted molar refractivity (Wildman–Crippen MR) is 127 cm³/mol. The first-order chi connectivity index (χ1) is 16.7. The number of rotatable bonds is 3. The lowest BCUT2D eigenvalue weighted by Crippen LogP contribution is -2.52. The van der Waals surface area contributed by atoms with Crippen LogP contribution in [-0.2, 0) is 9.53 Å². The molecule has 8 nitrogen and oxygen atoms in total. The van der Waals surface area contributed by atoms with Gasteiger partial charge < -0.3 is 14.5 Å². The van der Waals surface area contributed by atoms with Gasteiger partial charge in [-0.15, -0.1) is 0 Å². The Balaban J connectivity index is 1.22. The molecule has 2 aromatic heterocycles. The molecule has 0 saturated carbocycles. The molecule has 2 aromatic carbocycles. The number of benzene rings is 2. The van der Waals surface area contributed by atoms with E-state index in [0.29, 0.717) is 44.1 Å². The average Bonchev–Trinajstić information content (AvgIpc) is 3.58. The SMILES string of the molecule is O=C(c1cc2nccc(-c3ccc4ccccc4c3)n2n1)N1CCN(C(=O)[C@H]2CCCO2)CC1. The number of fused-ring (bicyclic) bond motifs is 2. The van der Waals surface area contributed by atoms with Crippen LogP contribution in [0.25, 0.3) is 27.7 Å². The van der Waals surface area contributed by atoms with Crippen LogP contribution in [0, 0.1) is 0 Å². The number of carbonyl (C=O) groups excluding carboxylic acids is 2. The normalized spacial score (nSPS) is 18.6. The van der Waals surface area contributed by atoms with E-state index in [-0.39, 0.29) is 17.9 Å². The molecular weight excluding hydrogens is 430 g/mol. The van der Waals surface area contributed by atoms with Crippen molar-refractivity contribution in [3.8, 4) is 11.3 Å². The molecule has 1 atom stereocenters. The monoisotopic (exact) mass is 455 g/mol. The smallest absolute Gasteiger partial charge is 0.274 e. The van der Waals surface area contributed by atoms with Crippen LogP contribution in [0.1, 0.15) is 23.3 Å².